The maximum absolute atomic E-state index is 5.42. The third kappa shape index (κ3) is 2.03. The third-order valence-electron chi connectivity index (χ3n) is 4.67. The standard InChI is InChI=1S/C13H22N4S/c1-16(2)13(7-3-4-8-13)9-17-11(10-5-6-10)14-15-12(17)18/h10H,3-9H2,1-2H3,(H,15,18). The predicted octanol–water partition coefficient (Wildman–Crippen LogP) is 2.69. The molecule has 1 aromatic heterocycles. The molecular weight excluding hydrogens is 244 g/mol. The van der Waals surface area contributed by atoms with Crippen molar-refractivity contribution < 1.29 is 0 Å². The van der Waals surface area contributed by atoms with Gasteiger partial charge in [0.15, 0.2) is 4.77 Å². The zero-order valence-corrected chi connectivity index (χ0v) is 12.1. The quantitative estimate of drug-likeness (QED) is 0.851. The van der Waals surface area contributed by atoms with Crippen LogP contribution in [0.3, 0.4) is 0 Å². The van der Waals surface area contributed by atoms with Crippen molar-refractivity contribution in [3.05, 3.63) is 10.6 Å². The Labute approximate surface area is 113 Å². The fraction of sp³-hybridized carbons (Fsp3) is 0.846. The Balaban J connectivity index is 1.91. The van der Waals surface area contributed by atoms with Crippen LogP contribution in [0.4, 0.5) is 0 Å². The van der Waals surface area contributed by atoms with Crippen molar-refractivity contribution in [2.45, 2.75) is 56.5 Å². The van der Waals surface area contributed by atoms with Crippen LogP contribution in [0.1, 0.15) is 50.3 Å². The molecule has 1 N–H and O–H groups in total. The largest absolute Gasteiger partial charge is 0.302 e. The summed E-state index contributed by atoms with van der Waals surface area (Å²) in [6.45, 7) is 1.00. The molecule has 0 aromatic carbocycles. The van der Waals surface area contributed by atoms with Crippen molar-refractivity contribution in [2.24, 2.45) is 0 Å². The fourth-order valence-electron chi connectivity index (χ4n) is 3.21. The van der Waals surface area contributed by atoms with Crippen LogP contribution in [0.5, 0.6) is 0 Å². The summed E-state index contributed by atoms with van der Waals surface area (Å²) in [5.74, 6) is 1.84. The van der Waals surface area contributed by atoms with Gasteiger partial charge in [-0.15, -0.1) is 0 Å². The van der Waals surface area contributed by atoms with Gasteiger partial charge in [-0.3, -0.25) is 5.10 Å². The number of rotatable bonds is 4. The Morgan fingerprint density at radius 2 is 2.06 bits per heavy atom. The highest BCUT2D eigenvalue weighted by Gasteiger charge is 2.38. The van der Waals surface area contributed by atoms with Crippen LogP contribution in [0, 0.1) is 4.77 Å². The van der Waals surface area contributed by atoms with Gasteiger partial charge in [-0.1, -0.05) is 12.8 Å². The molecule has 0 saturated heterocycles. The number of likely N-dealkylation sites (N-methyl/N-ethyl adjacent to an activating group) is 1. The maximum Gasteiger partial charge on any atom is 0.195 e. The highest BCUT2D eigenvalue weighted by molar-refractivity contribution is 7.71. The molecule has 100 valence electrons. The van der Waals surface area contributed by atoms with Crippen LogP contribution < -0.4 is 0 Å². The minimum absolute atomic E-state index is 0.283. The summed E-state index contributed by atoms with van der Waals surface area (Å²) in [7, 11) is 4.40. The molecule has 1 aromatic rings. The Hall–Kier alpha value is -0.680. The number of nitrogens with zero attached hydrogens (tertiary/aromatic N) is 3. The van der Waals surface area contributed by atoms with Gasteiger partial charge in [0.25, 0.3) is 0 Å². The molecule has 0 bridgehead atoms. The van der Waals surface area contributed by atoms with Crippen LogP contribution >= 0.6 is 12.2 Å². The molecule has 4 nitrogen and oxygen atoms in total. The van der Waals surface area contributed by atoms with Crippen molar-refractivity contribution >= 4 is 12.2 Å². The average molecular weight is 266 g/mol. The summed E-state index contributed by atoms with van der Waals surface area (Å²) >= 11 is 5.42. The molecule has 5 heteroatoms. The monoisotopic (exact) mass is 266 g/mol. The predicted molar refractivity (Wildman–Crippen MR) is 74.3 cm³/mol. The van der Waals surface area contributed by atoms with E-state index < -0.39 is 0 Å². The van der Waals surface area contributed by atoms with Gasteiger partial charge in [0.2, 0.25) is 0 Å². The molecule has 2 aliphatic carbocycles. The van der Waals surface area contributed by atoms with E-state index in [-0.39, 0.29) is 5.54 Å². The lowest BCUT2D eigenvalue weighted by Crippen LogP contribution is -2.45. The second-order valence-electron chi connectivity index (χ2n) is 6.07. The van der Waals surface area contributed by atoms with E-state index in [4.69, 9.17) is 12.2 Å². The van der Waals surface area contributed by atoms with E-state index in [1.54, 1.807) is 0 Å². The Kier molecular flexibility index (Phi) is 3.06. The number of aromatic nitrogens is 3. The average Bonchev–Trinajstić information content (AvgIpc) is 2.95. The summed E-state index contributed by atoms with van der Waals surface area (Å²) in [6.07, 6.45) is 7.77. The molecular formula is C13H22N4S. The molecule has 0 radical (unpaired) electrons. The van der Waals surface area contributed by atoms with E-state index in [1.165, 1.54) is 44.3 Å². The second-order valence-corrected chi connectivity index (χ2v) is 6.46. The van der Waals surface area contributed by atoms with E-state index in [0.29, 0.717) is 5.92 Å². The van der Waals surface area contributed by atoms with Crippen molar-refractivity contribution in [1.82, 2.24) is 19.7 Å². The van der Waals surface area contributed by atoms with Crippen LogP contribution in [0.2, 0.25) is 0 Å². The zero-order valence-electron chi connectivity index (χ0n) is 11.3. The smallest absolute Gasteiger partial charge is 0.195 e. The number of hydrogen-bond acceptors (Lipinski definition) is 3. The van der Waals surface area contributed by atoms with Crippen LogP contribution in [-0.2, 0) is 6.54 Å². The Morgan fingerprint density at radius 1 is 1.39 bits per heavy atom. The first-order valence-corrected chi connectivity index (χ1v) is 7.36. The van der Waals surface area contributed by atoms with Crippen LogP contribution in [-0.4, -0.2) is 39.3 Å². The van der Waals surface area contributed by atoms with Gasteiger partial charge in [-0.25, -0.2) is 0 Å². The van der Waals surface area contributed by atoms with E-state index in [1.807, 2.05) is 0 Å². The fourth-order valence-corrected chi connectivity index (χ4v) is 3.41. The third-order valence-corrected chi connectivity index (χ3v) is 4.98. The second kappa shape index (κ2) is 4.46. The minimum atomic E-state index is 0.283. The van der Waals surface area contributed by atoms with Gasteiger partial charge in [0, 0.05) is 18.0 Å². The van der Waals surface area contributed by atoms with Crippen molar-refractivity contribution in [2.75, 3.05) is 14.1 Å². The first kappa shape index (κ1) is 12.4. The van der Waals surface area contributed by atoms with E-state index in [2.05, 4.69) is 33.8 Å². The molecule has 0 amide bonds. The topological polar surface area (TPSA) is 36.9 Å². The number of aromatic amines is 1. The summed E-state index contributed by atoms with van der Waals surface area (Å²) in [5, 5.41) is 7.42. The van der Waals surface area contributed by atoms with Gasteiger partial charge >= 0.3 is 0 Å². The molecule has 0 unspecified atom stereocenters. The molecule has 2 saturated carbocycles. The Bertz CT molecular complexity index is 477. The van der Waals surface area contributed by atoms with Crippen molar-refractivity contribution in [1.29, 1.82) is 0 Å². The molecule has 2 fully saturated rings. The van der Waals surface area contributed by atoms with Gasteiger partial charge in [-0.2, -0.15) is 5.10 Å². The summed E-state index contributed by atoms with van der Waals surface area (Å²) in [4.78, 5) is 2.39. The van der Waals surface area contributed by atoms with E-state index in [0.717, 1.165) is 11.3 Å². The van der Waals surface area contributed by atoms with Crippen LogP contribution in [0.25, 0.3) is 0 Å². The highest BCUT2D eigenvalue weighted by Crippen LogP contribution is 2.41. The molecule has 0 spiro atoms. The number of hydrogen-bond donors (Lipinski definition) is 1. The Morgan fingerprint density at radius 3 is 2.61 bits per heavy atom. The highest BCUT2D eigenvalue weighted by atomic mass is 32.1. The number of H-pyrrole nitrogens is 1. The van der Waals surface area contributed by atoms with Gasteiger partial charge in [0.1, 0.15) is 5.82 Å². The zero-order chi connectivity index (χ0) is 12.8. The van der Waals surface area contributed by atoms with Gasteiger partial charge in [0.05, 0.1) is 0 Å². The molecule has 1 heterocycles. The normalized spacial score (nSPS) is 22.8. The molecule has 3 rings (SSSR count). The van der Waals surface area contributed by atoms with Gasteiger partial charge < -0.3 is 9.47 Å². The first-order valence-electron chi connectivity index (χ1n) is 6.95. The summed E-state index contributed by atoms with van der Waals surface area (Å²) in [5.41, 5.74) is 0.283. The minimum Gasteiger partial charge on any atom is -0.302 e. The molecule has 18 heavy (non-hydrogen) atoms. The lowest BCUT2D eigenvalue weighted by atomic mass is 9.96. The molecule has 2 aliphatic rings. The SMILES string of the molecule is CN(C)C1(Cn2c(C3CC3)n[nH]c2=S)CCCC1. The summed E-state index contributed by atoms with van der Waals surface area (Å²) < 4.78 is 3.06. The van der Waals surface area contributed by atoms with Crippen molar-refractivity contribution in [3.63, 3.8) is 0 Å². The lowest BCUT2D eigenvalue weighted by molar-refractivity contribution is 0.132. The molecule has 0 atom stereocenters. The number of nitrogens with one attached hydrogen (secondary N) is 1. The first-order chi connectivity index (χ1) is 8.62. The summed E-state index contributed by atoms with van der Waals surface area (Å²) in [6, 6.07) is 0. The van der Waals surface area contributed by atoms with E-state index >= 15 is 0 Å². The van der Waals surface area contributed by atoms with E-state index in [9.17, 15) is 0 Å². The van der Waals surface area contributed by atoms with Gasteiger partial charge in [-0.05, 0) is 52.0 Å². The van der Waals surface area contributed by atoms with Crippen molar-refractivity contribution in [3.8, 4) is 0 Å². The maximum atomic E-state index is 5.42. The molecule has 0 aliphatic heterocycles. The van der Waals surface area contributed by atoms with Crippen LogP contribution in [0.15, 0.2) is 0 Å². The lowest BCUT2D eigenvalue weighted by Gasteiger charge is -2.36.